The van der Waals surface area contributed by atoms with Crippen LogP contribution in [-0.2, 0) is 22.5 Å². The molecule has 0 amide bonds. The number of anilines is 1. The second-order valence-electron chi connectivity index (χ2n) is 7.39. The number of fused-ring (bicyclic) bond motifs is 5. The summed E-state index contributed by atoms with van der Waals surface area (Å²) in [7, 11) is -1.10. The molecule has 2 N–H and O–H groups in total. The fraction of sp³-hybridized carbons (Fsp3) is 0.300. The van der Waals surface area contributed by atoms with Gasteiger partial charge in [0.15, 0.2) is 11.6 Å². The summed E-state index contributed by atoms with van der Waals surface area (Å²) in [6, 6.07) is 7.99. The first-order valence-corrected chi connectivity index (χ1v) is 11.3. The van der Waals surface area contributed by atoms with E-state index in [0.29, 0.717) is 11.3 Å². The molecule has 30 heavy (non-hydrogen) atoms. The van der Waals surface area contributed by atoms with E-state index < -0.39 is 15.8 Å². The number of nitrogens with two attached hydrogens (primary N) is 1. The summed E-state index contributed by atoms with van der Waals surface area (Å²) in [6.45, 7) is 3.86. The summed E-state index contributed by atoms with van der Waals surface area (Å²) < 4.78 is 25.4. The molecule has 0 saturated heterocycles. The van der Waals surface area contributed by atoms with Gasteiger partial charge in [-0.3, -0.25) is 4.68 Å². The number of aromatic nitrogens is 4. The molecule has 154 valence electrons. The van der Waals surface area contributed by atoms with Gasteiger partial charge in [-0.15, -0.1) is 0 Å². The average Bonchev–Trinajstić information content (AvgIpc) is 2.98. The summed E-state index contributed by atoms with van der Waals surface area (Å²) >= 11 is 0. The van der Waals surface area contributed by atoms with E-state index in [4.69, 9.17) is 10.5 Å². The van der Waals surface area contributed by atoms with Crippen LogP contribution >= 0.6 is 0 Å². The Morgan fingerprint density at radius 3 is 2.90 bits per heavy atom. The Morgan fingerprint density at radius 2 is 2.17 bits per heavy atom. The lowest BCUT2D eigenvalue weighted by Gasteiger charge is -2.20. The van der Waals surface area contributed by atoms with Crippen molar-refractivity contribution >= 4 is 21.4 Å². The van der Waals surface area contributed by atoms with Crippen molar-refractivity contribution in [3.63, 3.8) is 0 Å². The number of hydrogen-bond acceptors (Lipinski definition) is 8. The fourth-order valence-electron chi connectivity index (χ4n) is 3.49. The third kappa shape index (κ3) is 3.48. The van der Waals surface area contributed by atoms with Crippen LogP contribution in [0.1, 0.15) is 35.4 Å². The second kappa shape index (κ2) is 7.11. The molecule has 2 atom stereocenters. The Labute approximate surface area is 174 Å². The molecule has 1 aliphatic heterocycles. The molecular formula is C20H21N7O2S. The zero-order valence-corrected chi connectivity index (χ0v) is 17.9. The topological polar surface area (TPSA) is 132 Å². The van der Waals surface area contributed by atoms with Crippen LogP contribution < -0.4 is 10.5 Å². The van der Waals surface area contributed by atoms with Gasteiger partial charge in [0.2, 0.25) is 0 Å². The predicted molar refractivity (Wildman–Crippen MR) is 113 cm³/mol. The largest absolute Gasteiger partial charge is 0.467 e. The predicted octanol–water partition coefficient (Wildman–Crippen LogP) is 3.02. The molecule has 3 heterocycles. The van der Waals surface area contributed by atoms with Crippen molar-refractivity contribution < 1.29 is 8.95 Å². The summed E-state index contributed by atoms with van der Waals surface area (Å²) in [6.07, 6.45) is 2.61. The van der Waals surface area contributed by atoms with Crippen LogP contribution in [0.2, 0.25) is 0 Å². The smallest absolute Gasteiger partial charge is 0.258 e. The van der Waals surface area contributed by atoms with Gasteiger partial charge < -0.3 is 10.5 Å². The second-order valence-corrected chi connectivity index (χ2v) is 9.78. The number of nitriles is 1. The van der Waals surface area contributed by atoms with Crippen LogP contribution in [-0.4, -0.2) is 30.2 Å². The van der Waals surface area contributed by atoms with Crippen molar-refractivity contribution in [3.05, 3.63) is 46.8 Å². The van der Waals surface area contributed by atoms with Gasteiger partial charge in [0.1, 0.15) is 17.9 Å². The zero-order chi connectivity index (χ0) is 21.6. The van der Waals surface area contributed by atoms with Crippen LogP contribution in [0.15, 0.2) is 28.8 Å². The number of benzene rings is 1. The van der Waals surface area contributed by atoms with Crippen LogP contribution in [0.3, 0.4) is 0 Å². The maximum Gasteiger partial charge on any atom is 0.258 e. The number of rotatable bonds is 0. The highest BCUT2D eigenvalue weighted by Gasteiger charge is 2.25. The molecule has 1 aliphatic rings. The van der Waals surface area contributed by atoms with Crippen LogP contribution in [0, 0.1) is 18.3 Å². The van der Waals surface area contributed by atoms with E-state index in [1.807, 2.05) is 32.0 Å². The molecule has 10 heteroatoms. The van der Waals surface area contributed by atoms with Crippen LogP contribution in [0.5, 0.6) is 5.88 Å². The summed E-state index contributed by atoms with van der Waals surface area (Å²) in [5, 5.41) is 14.0. The molecule has 0 radical (unpaired) electrons. The number of nitrogen functional groups attached to an aromatic ring is 1. The van der Waals surface area contributed by atoms with Crippen molar-refractivity contribution in [2.24, 2.45) is 11.4 Å². The lowest BCUT2D eigenvalue weighted by atomic mass is 10.0. The molecule has 3 aromatic rings. The minimum Gasteiger partial charge on any atom is -0.467 e. The van der Waals surface area contributed by atoms with Crippen molar-refractivity contribution in [3.8, 4) is 23.2 Å². The van der Waals surface area contributed by atoms with Crippen molar-refractivity contribution in [1.82, 2.24) is 19.7 Å². The molecule has 1 aromatic carbocycles. The Kier molecular flexibility index (Phi) is 4.70. The summed E-state index contributed by atoms with van der Waals surface area (Å²) in [5.74, 6) is 0.679. The number of hydrogen-bond donors (Lipinski definition) is 1. The SMILES string of the molecule is Cc1ccc2c(c1)[C@@H](C)Oc1nc(cnc1N)-c1c(nn(C)c1C#N)N=S(C)(=O)C2. The Bertz CT molecular complexity index is 1330. The maximum atomic E-state index is 13.5. The van der Waals surface area contributed by atoms with Crippen molar-refractivity contribution in [1.29, 1.82) is 5.26 Å². The molecule has 0 spiro atoms. The first kappa shape index (κ1) is 19.8. The Morgan fingerprint density at radius 1 is 1.40 bits per heavy atom. The molecule has 0 fully saturated rings. The Hall–Kier alpha value is -3.45. The third-order valence-corrected chi connectivity index (χ3v) is 6.29. The van der Waals surface area contributed by atoms with E-state index in [9.17, 15) is 9.47 Å². The van der Waals surface area contributed by atoms with E-state index in [-0.39, 0.29) is 29.0 Å². The standard InChI is InChI=1S/C20H21N7O2S/c1-11-5-6-13-10-30(4,28)26-19-17(16(8-21)27(3)25-19)15-9-23-18(22)20(24-15)29-12(2)14(13)7-11/h5-7,9,12H,10H2,1-4H3,(H2,22,23)/t12-,30?/m1/s1. The Balaban J connectivity index is 2.06. The van der Waals surface area contributed by atoms with Gasteiger partial charge in [-0.25, -0.2) is 14.2 Å². The van der Waals surface area contributed by atoms with Gasteiger partial charge in [0.05, 0.1) is 32.9 Å². The number of aryl methyl sites for hydroxylation is 2. The first-order valence-electron chi connectivity index (χ1n) is 9.24. The lowest BCUT2D eigenvalue weighted by Crippen LogP contribution is -2.13. The van der Waals surface area contributed by atoms with Gasteiger partial charge in [0.25, 0.3) is 5.88 Å². The minimum absolute atomic E-state index is 0.136. The number of ether oxygens (including phenoxy) is 1. The van der Waals surface area contributed by atoms with Gasteiger partial charge in [-0.05, 0) is 25.0 Å². The fourth-order valence-corrected chi connectivity index (χ4v) is 4.88. The molecule has 2 bridgehead atoms. The summed E-state index contributed by atoms with van der Waals surface area (Å²) in [4.78, 5) is 8.68. The quantitative estimate of drug-likeness (QED) is 0.587. The monoisotopic (exact) mass is 423 g/mol. The number of nitrogens with zero attached hydrogens (tertiary/aromatic N) is 6. The molecule has 4 rings (SSSR count). The molecule has 0 aliphatic carbocycles. The van der Waals surface area contributed by atoms with E-state index in [0.717, 1.165) is 16.7 Å². The van der Waals surface area contributed by atoms with E-state index >= 15 is 0 Å². The van der Waals surface area contributed by atoms with Crippen molar-refractivity contribution in [2.75, 3.05) is 12.0 Å². The molecule has 2 aromatic heterocycles. The van der Waals surface area contributed by atoms with E-state index in [1.165, 1.54) is 10.9 Å². The van der Waals surface area contributed by atoms with Crippen LogP contribution in [0.4, 0.5) is 11.6 Å². The van der Waals surface area contributed by atoms with Gasteiger partial charge in [-0.1, -0.05) is 23.8 Å². The highest BCUT2D eigenvalue weighted by atomic mass is 32.2. The van der Waals surface area contributed by atoms with E-state index in [1.54, 1.807) is 13.3 Å². The molecular weight excluding hydrogens is 402 g/mol. The first-order chi connectivity index (χ1) is 14.2. The third-order valence-electron chi connectivity index (χ3n) is 4.89. The highest BCUT2D eigenvalue weighted by molar-refractivity contribution is 7.92. The van der Waals surface area contributed by atoms with Gasteiger partial charge in [-0.2, -0.15) is 14.7 Å². The maximum absolute atomic E-state index is 13.5. The lowest BCUT2D eigenvalue weighted by molar-refractivity contribution is 0.217. The molecule has 0 saturated carbocycles. The highest BCUT2D eigenvalue weighted by Crippen LogP contribution is 2.36. The van der Waals surface area contributed by atoms with Gasteiger partial charge in [0, 0.05) is 13.3 Å². The summed E-state index contributed by atoms with van der Waals surface area (Å²) in [5.41, 5.74) is 9.71. The van der Waals surface area contributed by atoms with Crippen LogP contribution in [0.25, 0.3) is 11.3 Å². The molecule has 1 unspecified atom stereocenters. The normalized spacial score (nSPS) is 20.4. The zero-order valence-electron chi connectivity index (χ0n) is 17.1. The average molecular weight is 424 g/mol. The van der Waals surface area contributed by atoms with E-state index in [2.05, 4.69) is 25.5 Å². The minimum atomic E-state index is -2.72. The van der Waals surface area contributed by atoms with Crippen molar-refractivity contribution in [2.45, 2.75) is 25.7 Å². The van der Waals surface area contributed by atoms with Gasteiger partial charge >= 0.3 is 0 Å². The molecule has 9 nitrogen and oxygen atoms in total.